The van der Waals surface area contributed by atoms with Crippen molar-refractivity contribution in [3.63, 3.8) is 0 Å². The lowest BCUT2D eigenvalue weighted by molar-refractivity contribution is -0.133. The van der Waals surface area contributed by atoms with Crippen LogP contribution in [0, 0.1) is 0 Å². The van der Waals surface area contributed by atoms with Gasteiger partial charge in [-0.3, -0.25) is 19.3 Å². The molecular weight excluding hydrogens is 330 g/mol. The third kappa shape index (κ3) is 2.22. The SMILES string of the molecule is CN1C(=O)c2ccccc2N2C(=O)CCC12C(=O)NCc1ccccc1. The number of carbonyl (C=O) groups is 3. The van der Waals surface area contributed by atoms with Crippen LogP contribution in [0.3, 0.4) is 0 Å². The Morgan fingerprint density at radius 1 is 1.08 bits per heavy atom. The molecule has 1 unspecified atom stereocenters. The number of nitrogens with zero attached hydrogens (tertiary/aromatic N) is 2. The van der Waals surface area contributed by atoms with E-state index < -0.39 is 5.66 Å². The van der Waals surface area contributed by atoms with Gasteiger partial charge in [-0.1, -0.05) is 42.5 Å². The largest absolute Gasteiger partial charge is 0.348 e. The van der Waals surface area contributed by atoms with Crippen LogP contribution in [-0.2, 0) is 16.1 Å². The molecule has 26 heavy (non-hydrogen) atoms. The van der Waals surface area contributed by atoms with E-state index in [2.05, 4.69) is 5.32 Å². The summed E-state index contributed by atoms with van der Waals surface area (Å²) in [6.07, 6.45) is 0.508. The van der Waals surface area contributed by atoms with Gasteiger partial charge < -0.3 is 10.2 Å². The predicted molar refractivity (Wildman–Crippen MR) is 96.3 cm³/mol. The second kappa shape index (κ2) is 5.98. The number of likely N-dealkylation sites (N-methyl/N-ethyl adjacent to an activating group) is 1. The zero-order valence-corrected chi connectivity index (χ0v) is 14.4. The molecule has 4 rings (SSSR count). The van der Waals surface area contributed by atoms with Crippen molar-refractivity contribution in [1.29, 1.82) is 0 Å². The van der Waals surface area contributed by atoms with Crippen LogP contribution < -0.4 is 10.2 Å². The number of anilines is 1. The Morgan fingerprint density at radius 2 is 1.77 bits per heavy atom. The maximum absolute atomic E-state index is 13.2. The minimum absolute atomic E-state index is 0.147. The van der Waals surface area contributed by atoms with Crippen molar-refractivity contribution in [2.75, 3.05) is 11.9 Å². The minimum atomic E-state index is -1.31. The molecule has 6 heteroatoms. The fraction of sp³-hybridized carbons (Fsp3) is 0.250. The maximum Gasteiger partial charge on any atom is 0.267 e. The van der Waals surface area contributed by atoms with E-state index >= 15 is 0 Å². The highest BCUT2D eigenvalue weighted by Crippen LogP contribution is 2.43. The van der Waals surface area contributed by atoms with Crippen molar-refractivity contribution in [1.82, 2.24) is 10.2 Å². The number of rotatable bonds is 3. The Bertz CT molecular complexity index is 896. The molecule has 1 atom stereocenters. The van der Waals surface area contributed by atoms with Gasteiger partial charge >= 0.3 is 0 Å². The Labute approximate surface area is 151 Å². The molecule has 6 nitrogen and oxygen atoms in total. The first kappa shape index (κ1) is 16.3. The van der Waals surface area contributed by atoms with Crippen LogP contribution in [0.1, 0.15) is 28.8 Å². The molecule has 0 saturated carbocycles. The summed E-state index contributed by atoms with van der Waals surface area (Å²) >= 11 is 0. The minimum Gasteiger partial charge on any atom is -0.348 e. The second-order valence-corrected chi connectivity index (χ2v) is 6.60. The molecule has 2 aromatic carbocycles. The zero-order valence-electron chi connectivity index (χ0n) is 14.4. The lowest BCUT2D eigenvalue weighted by Gasteiger charge is -2.47. The molecule has 2 aromatic rings. The summed E-state index contributed by atoms with van der Waals surface area (Å²) in [7, 11) is 1.59. The van der Waals surface area contributed by atoms with Gasteiger partial charge in [0, 0.05) is 26.4 Å². The third-order valence-electron chi connectivity index (χ3n) is 5.20. The smallest absolute Gasteiger partial charge is 0.267 e. The number of nitrogens with one attached hydrogen (secondary N) is 1. The van der Waals surface area contributed by atoms with Crippen LogP contribution in [-0.4, -0.2) is 35.3 Å². The molecule has 1 N–H and O–H groups in total. The summed E-state index contributed by atoms with van der Waals surface area (Å²) in [5.74, 6) is -0.731. The van der Waals surface area contributed by atoms with E-state index in [4.69, 9.17) is 0 Å². The highest BCUT2D eigenvalue weighted by Gasteiger charge is 2.59. The number of para-hydroxylation sites is 1. The molecule has 0 aromatic heterocycles. The third-order valence-corrected chi connectivity index (χ3v) is 5.20. The first-order valence-electron chi connectivity index (χ1n) is 8.58. The van der Waals surface area contributed by atoms with E-state index in [1.54, 1.807) is 31.3 Å². The first-order valence-corrected chi connectivity index (χ1v) is 8.58. The van der Waals surface area contributed by atoms with Crippen LogP contribution in [0.4, 0.5) is 5.69 Å². The molecule has 0 radical (unpaired) electrons. The van der Waals surface area contributed by atoms with Crippen molar-refractivity contribution in [2.45, 2.75) is 25.0 Å². The van der Waals surface area contributed by atoms with Gasteiger partial charge in [0.1, 0.15) is 0 Å². The van der Waals surface area contributed by atoms with Crippen LogP contribution in [0.25, 0.3) is 0 Å². The average molecular weight is 349 g/mol. The summed E-state index contributed by atoms with van der Waals surface area (Å²) in [5, 5.41) is 2.91. The highest BCUT2D eigenvalue weighted by molar-refractivity contribution is 6.16. The second-order valence-electron chi connectivity index (χ2n) is 6.60. The van der Waals surface area contributed by atoms with Gasteiger partial charge in [0.25, 0.3) is 11.8 Å². The summed E-state index contributed by atoms with van der Waals surface area (Å²) < 4.78 is 0. The number of fused-ring (bicyclic) bond motifs is 3. The standard InChI is InChI=1S/C20H19N3O3/c1-22-18(25)15-9-5-6-10-16(15)23-17(24)11-12-20(22,23)19(26)21-13-14-7-3-2-4-8-14/h2-10H,11-13H2,1H3,(H,21,26). The Morgan fingerprint density at radius 3 is 2.54 bits per heavy atom. The van der Waals surface area contributed by atoms with Crippen LogP contribution in [0.15, 0.2) is 54.6 Å². The topological polar surface area (TPSA) is 69.7 Å². The molecule has 1 saturated heterocycles. The Kier molecular flexibility index (Phi) is 3.76. The molecular formula is C20H19N3O3. The Balaban J connectivity index is 1.72. The van der Waals surface area contributed by atoms with Crippen molar-refractivity contribution in [3.05, 3.63) is 65.7 Å². The average Bonchev–Trinajstić information content (AvgIpc) is 3.04. The summed E-state index contributed by atoms with van der Waals surface area (Å²) in [6, 6.07) is 16.5. The van der Waals surface area contributed by atoms with Crippen LogP contribution in [0.2, 0.25) is 0 Å². The monoisotopic (exact) mass is 349 g/mol. The van der Waals surface area contributed by atoms with E-state index in [1.807, 2.05) is 30.3 Å². The quantitative estimate of drug-likeness (QED) is 0.920. The van der Waals surface area contributed by atoms with Gasteiger partial charge in [0.15, 0.2) is 0 Å². The zero-order chi connectivity index (χ0) is 18.3. The van der Waals surface area contributed by atoms with Crippen molar-refractivity contribution in [3.8, 4) is 0 Å². The van der Waals surface area contributed by atoms with Crippen molar-refractivity contribution in [2.24, 2.45) is 0 Å². The van der Waals surface area contributed by atoms with Gasteiger partial charge in [-0.2, -0.15) is 0 Å². The molecule has 0 bridgehead atoms. The summed E-state index contributed by atoms with van der Waals surface area (Å²) in [6.45, 7) is 0.340. The molecule has 2 aliphatic rings. The fourth-order valence-electron chi connectivity index (χ4n) is 3.85. The number of benzene rings is 2. The molecule has 2 heterocycles. The molecule has 0 spiro atoms. The van der Waals surface area contributed by atoms with Gasteiger partial charge in [0.2, 0.25) is 11.6 Å². The van der Waals surface area contributed by atoms with Crippen LogP contribution in [0.5, 0.6) is 0 Å². The highest BCUT2D eigenvalue weighted by atomic mass is 16.2. The van der Waals surface area contributed by atoms with Gasteiger partial charge in [0.05, 0.1) is 11.3 Å². The molecule has 1 fully saturated rings. The van der Waals surface area contributed by atoms with E-state index in [0.29, 0.717) is 17.8 Å². The number of hydrogen-bond donors (Lipinski definition) is 1. The lowest BCUT2D eigenvalue weighted by Crippen LogP contribution is -2.69. The molecule has 0 aliphatic carbocycles. The van der Waals surface area contributed by atoms with Crippen LogP contribution >= 0.6 is 0 Å². The van der Waals surface area contributed by atoms with Crippen molar-refractivity contribution >= 4 is 23.4 Å². The van der Waals surface area contributed by atoms with E-state index in [-0.39, 0.29) is 30.6 Å². The van der Waals surface area contributed by atoms with Crippen molar-refractivity contribution < 1.29 is 14.4 Å². The number of hydrogen-bond acceptors (Lipinski definition) is 3. The molecule has 2 aliphatic heterocycles. The van der Waals surface area contributed by atoms with E-state index in [9.17, 15) is 14.4 Å². The van der Waals surface area contributed by atoms with Gasteiger partial charge in [-0.15, -0.1) is 0 Å². The van der Waals surface area contributed by atoms with E-state index in [0.717, 1.165) is 5.56 Å². The number of carbonyl (C=O) groups excluding carboxylic acids is 3. The van der Waals surface area contributed by atoms with E-state index in [1.165, 1.54) is 9.80 Å². The van der Waals surface area contributed by atoms with Gasteiger partial charge in [-0.05, 0) is 17.7 Å². The summed E-state index contributed by atoms with van der Waals surface area (Å²) in [4.78, 5) is 41.6. The normalized spacial score (nSPS) is 21.4. The lowest BCUT2D eigenvalue weighted by atomic mass is 9.96. The molecule has 3 amide bonds. The number of amides is 3. The first-order chi connectivity index (χ1) is 12.6. The molecule has 132 valence electrons. The Hall–Kier alpha value is -3.15. The predicted octanol–water partition coefficient (Wildman–Crippen LogP) is 1.91. The summed E-state index contributed by atoms with van der Waals surface area (Å²) in [5.41, 5.74) is 0.597. The van der Waals surface area contributed by atoms with Gasteiger partial charge in [-0.25, -0.2) is 0 Å². The fourth-order valence-corrected chi connectivity index (χ4v) is 3.85. The maximum atomic E-state index is 13.2.